The van der Waals surface area contributed by atoms with Crippen molar-refractivity contribution in [3.8, 4) is 0 Å². The van der Waals surface area contributed by atoms with Crippen LogP contribution in [0, 0.1) is 0 Å². The van der Waals surface area contributed by atoms with Crippen molar-refractivity contribution in [1.82, 2.24) is 0 Å². The average molecular weight is 373 g/mol. The normalized spacial score (nSPS) is 17.9. The molecular weight excluding hydrogens is 350 g/mol. The van der Waals surface area contributed by atoms with Crippen molar-refractivity contribution < 1.29 is 14.9 Å². The Morgan fingerprint density at radius 2 is 1.96 bits per heavy atom. The van der Waals surface area contributed by atoms with Crippen LogP contribution in [-0.4, -0.2) is 24.4 Å². The van der Waals surface area contributed by atoms with E-state index in [2.05, 4.69) is 12.2 Å². The largest absolute Gasteiger partial charge is 0.333 e. The van der Waals surface area contributed by atoms with E-state index < -0.39 is 0 Å². The molecular formula is C20H23ClN3O2+. The highest BCUT2D eigenvalue weighted by Crippen LogP contribution is 2.31. The molecule has 6 heteroatoms. The molecule has 0 fully saturated rings. The van der Waals surface area contributed by atoms with Gasteiger partial charge in [-0.3, -0.25) is 9.59 Å². The highest BCUT2D eigenvalue weighted by atomic mass is 35.5. The molecule has 1 heterocycles. The number of nitrogens with one attached hydrogen (secondary N) is 1. The number of hydrogen-bond donors (Lipinski definition) is 2. The molecule has 3 rings (SSSR count). The molecule has 1 aliphatic heterocycles. The Morgan fingerprint density at radius 3 is 2.69 bits per heavy atom. The Kier molecular flexibility index (Phi) is 5.59. The summed E-state index contributed by atoms with van der Waals surface area (Å²) in [5.41, 5.74) is 2.55. The van der Waals surface area contributed by atoms with Gasteiger partial charge in [0.25, 0.3) is 5.91 Å². The van der Waals surface area contributed by atoms with Crippen molar-refractivity contribution in [3.63, 3.8) is 0 Å². The minimum Gasteiger partial charge on any atom is -0.333 e. The Labute approximate surface area is 158 Å². The van der Waals surface area contributed by atoms with Crippen molar-refractivity contribution >= 4 is 34.8 Å². The maximum Gasteiger partial charge on any atom is 0.282 e. The first-order valence-electron chi connectivity index (χ1n) is 8.75. The molecule has 136 valence electrons. The predicted octanol–water partition coefficient (Wildman–Crippen LogP) is 2.73. The number of nitrogens with zero attached hydrogens (tertiary/aromatic N) is 1. The number of carbonyl (C=O) groups is 2. The molecule has 0 unspecified atom stereocenters. The zero-order valence-electron chi connectivity index (χ0n) is 14.9. The molecule has 0 aliphatic carbocycles. The average Bonchev–Trinajstić information content (AvgIpc) is 2.74. The summed E-state index contributed by atoms with van der Waals surface area (Å²) < 4.78 is 0. The molecule has 0 saturated heterocycles. The van der Waals surface area contributed by atoms with E-state index in [0.717, 1.165) is 11.3 Å². The number of rotatable bonds is 4. The third kappa shape index (κ3) is 4.06. The lowest BCUT2D eigenvalue weighted by atomic mass is 10.1. The zero-order valence-corrected chi connectivity index (χ0v) is 15.7. The van der Waals surface area contributed by atoms with E-state index >= 15 is 0 Å². The number of quaternary nitrogens is 1. The summed E-state index contributed by atoms with van der Waals surface area (Å²) in [6.07, 6.45) is 0.285. The number of benzene rings is 2. The number of anilines is 2. The van der Waals surface area contributed by atoms with E-state index in [1.54, 1.807) is 4.90 Å². The van der Waals surface area contributed by atoms with Crippen LogP contribution in [0.15, 0.2) is 48.5 Å². The molecule has 2 aromatic carbocycles. The summed E-state index contributed by atoms with van der Waals surface area (Å²) in [5, 5.41) is 5.58. The third-order valence-corrected chi connectivity index (χ3v) is 4.92. The molecule has 2 amide bonds. The third-order valence-electron chi connectivity index (χ3n) is 4.67. The monoisotopic (exact) mass is 372 g/mol. The van der Waals surface area contributed by atoms with Gasteiger partial charge >= 0.3 is 0 Å². The van der Waals surface area contributed by atoms with E-state index in [-0.39, 0.29) is 30.3 Å². The molecule has 1 aliphatic rings. The van der Waals surface area contributed by atoms with E-state index in [9.17, 15) is 9.59 Å². The molecule has 2 atom stereocenters. The van der Waals surface area contributed by atoms with Gasteiger partial charge in [-0.15, -0.1) is 0 Å². The fourth-order valence-corrected chi connectivity index (χ4v) is 3.37. The van der Waals surface area contributed by atoms with Gasteiger partial charge in [-0.05, 0) is 38.1 Å². The zero-order chi connectivity index (χ0) is 18.7. The van der Waals surface area contributed by atoms with Crippen LogP contribution < -0.4 is 15.5 Å². The van der Waals surface area contributed by atoms with Gasteiger partial charge < -0.3 is 15.5 Å². The molecule has 0 aromatic heterocycles. The van der Waals surface area contributed by atoms with Crippen LogP contribution in [0.5, 0.6) is 0 Å². The molecule has 2 aromatic rings. The van der Waals surface area contributed by atoms with E-state index in [0.29, 0.717) is 17.3 Å². The number of hydrogen-bond acceptors (Lipinski definition) is 2. The van der Waals surface area contributed by atoms with Crippen molar-refractivity contribution in [1.29, 1.82) is 0 Å². The first kappa shape index (κ1) is 18.4. The lowest BCUT2D eigenvalue weighted by molar-refractivity contribution is -0.682. The quantitative estimate of drug-likeness (QED) is 0.866. The second-order valence-electron chi connectivity index (χ2n) is 6.66. The molecule has 0 spiro atoms. The van der Waals surface area contributed by atoms with Gasteiger partial charge in [0, 0.05) is 23.0 Å². The lowest BCUT2D eigenvalue weighted by Gasteiger charge is -2.27. The van der Waals surface area contributed by atoms with Gasteiger partial charge in [-0.1, -0.05) is 35.9 Å². The van der Waals surface area contributed by atoms with Crippen LogP contribution in [0.1, 0.15) is 31.9 Å². The van der Waals surface area contributed by atoms with Gasteiger partial charge in [0.1, 0.15) is 6.04 Å². The van der Waals surface area contributed by atoms with Crippen molar-refractivity contribution in [2.45, 2.75) is 32.4 Å². The highest BCUT2D eigenvalue weighted by molar-refractivity contribution is 6.30. The summed E-state index contributed by atoms with van der Waals surface area (Å²) in [6.45, 7) is 4.26. The first-order chi connectivity index (χ1) is 12.5. The van der Waals surface area contributed by atoms with Crippen molar-refractivity contribution in [3.05, 3.63) is 59.1 Å². The number of carbonyl (C=O) groups excluding carboxylic acids is 2. The van der Waals surface area contributed by atoms with Gasteiger partial charge in [0.05, 0.1) is 11.4 Å². The van der Waals surface area contributed by atoms with Crippen LogP contribution in [0.2, 0.25) is 5.02 Å². The number of halogens is 1. The van der Waals surface area contributed by atoms with E-state index in [4.69, 9.17) is 11.6 Å². The van der Waals surface area contributed by atoms with Crippen molar-refractivity contribution in [2.24, 2.45) is 0 Å². The molecule has 0 saturated carbocycles. The lowest BCUT2D eigenvalue weighted by Crippen LogP contribution is -2.87. The van der Waals surface area contributed by atoms with Crippen LogP contribution in [0.3, 0.4) is 0 Å². The topological polar surface area (TPSA) is 66.0 Å². The van der Waals surface area contributed by atoms with E-state index in [1.165, 1.54) is 0 Å². The Balaban J connectivity index is 1.74. The number of amides is 2. The summed E-state index contributed by atoms with van der Waals surface area (Å²) in [5.74, 6) is -0.0824. The number of para-hydroxylation sites is 2. The molecule has 5 nitrogen and oxygen atoms in total. The summed E-state index contributed by atoms with van der Waals surface area (Å²) in [6, 6.07) is 15.0. The standard InChI is InChI=1S/C20H22ClN3O2/c1-13-11-19(25)23-17-5-3-4-6-18(17)24(13)20(26)12-22-14(2)15-7-9-16(21)10-8-15/h3-10,13-14,22H,11-12H2,1-2H3,(H,23,25)/p+1/t13-,14-/m0/s1. The highest BCUT2D eigenvalue weighted by Gasteiger charge is 2.30. The number of fused-ring (bicyclic) bond motifs is 1. The van der Waals surface area contributed by atoms with E-state index in [1.807, 2.05) is 60.8 Å². The molecule has 0 bridgehead atoms. The molecule has 26 heavy (non-hydrogen) atoms. The summed E-state index contributed by atoms with van der Waals surface area (Å²) in [7, 11) is 0. The maximum absolute atomic E-state index is 13.0. The second-order valence-corrected chi connectivity index (χ2v) is 7.10. The van der Waals surface area contributed by atoms with Crippen LogP contribution >= 0.6 is 11.6 Å². The van der Waals surface area contributed by atoms with Crippen LogP contribution in [-0.2, 0) is 9.59 Å². The number of nitrogens with two attached hydrogens (primary N) is 1. The fraction of sp³-hybridized carbons (Fsp3) is 0.300. The SMILES string of the molecule is C[C@H]([NH2+]CC(=O)N1c2ccccc2NC(=O)C[C@@H]1C)c1ccc(Cl)cc1. The predicted molar refractivity (Wildman–Crippen MR) is 103 cm³/mol. The van der Waals surface area contributed by atoms with Gasteiger partial charge in [0.15, 0.2) is 6.54 Å². The smallest absolute Gasteiger partial charge is 0.282 e. The second kappa shape index (κ2) is 7.89. The van der Waals surface area contributed by atoms with Gasteiger partial charge in [-0.25, -0.2) is 0 Å². The van der Waals surface area contributed by atoms with Gasteiger partial charge in [-0.2, -0.15) is 0 Å². The molecule has 0 radical (unpaired) electrons. The maximum atomic E-state index is 13.0. The Bertz CT molecular complexity index is 807. The summed E-state index contributed by atoms with van der Waals surface area (Å²) >= 11 is 5.93. The first-order valence-corrected chi connectivity index (χ1v) is 9.13. The summed E-state index contributed by atoms with van der Waals surface area (Å²) in [4.78, 5) is 26.7. The van der Waals surface area contributed by atoms with Crippen molar-refractivity contribution in [2.75, 3.05) is 16.8 Å². The Hall–Kier alpha value is -2.37. The molecule has 3 N–H and O–H groups in total. The van der Waals surface area contributed by atoms with Crippen LogP contribution in [0.4, 0.5) is 11.4 Å². The van der Waals surface area contributed by atoms with Gasteiger partial charge in [0.2, 0.25) is 5.91 Å². The minimum atomic E-state index is -0.189. The Morgan fingerprint density at radius 1 is 1.27 bits per heavy atom. The fourth-order valence-electron chi connectivity index (χ4n) is 3.25. The van der Waals surface area contributed by atoms with Crippen LogP contribution in [0.25, 0.3) is 0 Å². The minimum absolute atomic E-state index is 0.0118.